The zero-order chi connectivity index (χ0) is 15.0. The summed E-state index contributed by atoms with van der Waals surface area (Å²) in [6, 6.07) is 6.62. The Morgan fingerprint density at radius 1 is 1.20 bits per heavy atom. The van der Waals surface area contributed by atoms with Crippen LogP contribution in [0.2, 0.25) is 0 Å². The predicted octanol–water partition coefficient (Wildman–Crippen LogP) is 1.33. The van der Waals surface area contributed by atoms with E-state index in [1.807, 2.05) is 0 Å². The number of hydrogen-bond donors (Lipinski definition) is 2. The fraction of sp³-hybridized carbons (Fsp3) is 0.357. The summed E-state index contributed by atoms with van der Waals surface area (Å²) in [6.45, 7) is 3.62. The minimum Gasteiger partial charge on any atom is -0.462 e. The van der Waals surface area contributed by atoms with Crippen LogP contribution in [-0.2, 0) is 14.3 Å². The normalized spacial score (nSPS) is 9.70. The van der Waals surface area contributed by atoms with Gasteiger partial charge in [0.25, 0.3) is 0 Å². The second-order valence-electron chi connectivity index (χ2n) is 4.05. The van der Waals surface area contributed by atoms with Gasteiger partial charge in [0.1, 0.15) is 0 Å². The molecule has 0 fully saturated rings. The number of nitrogens with one attached hydrogen (secondary N) is 2. The molecule has 0 bridgehead atoms. The Balaban J connectivity index is 2.65. The van der Waals surface area contributed by atoms with Gasteiger partial charge >= 0.3 is 5.97 Å². The number of anilines is 1. The lowest BCUT2D eigenvalue weighted by atomic mass is 10.1. The zero-order valence-electron chi connectivity index (χ0n) is 11.6. The second kappa shape index (κ2) is 7.93. The summed E-state index contributed by atoms with van der Waals surface area (Å²) in [5.74, 6) is -0.953. The van der Waals surface area contributed by atoms with Gasteiger partial charge in [-0.25, -0.2) is 4.79 Å². The van der Waals surface area contributed by atoms with Gasteiger partial charge in [0.05, 0.1) is 17.9 Å². The van der Waals surface area contributed by atoms with Crippen molar-refractivity contribution in [3.05, 3.63) is 29.8 Å². The largest absolute Gasteiger partial charge is 0.462 e. The molecule has 1 aromatic carbocycles. The lowest BCUT2D eigenvalue weighted by Gasteiger charge is -2.10. The monoisotopic (exact) mass is 278 g/mol. The summed E-state index contributed by atoms with van der Waals surface area (Å²) in [6.07, 6.45) is 0.136. The molecule has 0 radical (unpaired) electrons. The number of amides is 2. The SMILES string of the molecule is CCOC(=O)c1ccccc1NC(=O)CCNC(C)=O. The molecular weight excluding hydrogens is 260 g/mol. The van der Waals surface area contributed by atoms with E-state index in [9.17, 15) is 14.4 Å². The first-order chi connectivity index (χ1) is 9.54. The van der Waals surface area contributed by atoms with E-state index in [1.54, 1.807) is 31.2 Å². The van der Waals surface area contributed by atoms with Crippen LogP contribution in [0.5, 0.6) is 0 Å². The Morgan fingerprint density at radius 3 is 2.55 bits per heavy atom. The number of carbonyl (C=O) groups excluding carboxylic acids is 3. The van der Waals surface area contributed by atoms with E-state index in [0.29, 0.717) is 11.3 Å². The molecule has 6 nitrogen and oxygen atoms in total. The van der Waals surface area contributed by atoms with E-state index in [0.717, 1.165) is 0 Å². The van der Waals surface area contributed by atoms with E-state index in [-0.39, 0.29) is 31.4 Å². The number of hydrogen-bond acceptors (Lipinski definition) is 4. The third-order valence-electron chi connectivity index (χ3n) is 2.42. The lowest BCUT2D eigenvalue weighted by Crippen LogP contribution is -2.25. The van der Waals surface area contributed by atoms with Crippen molar-refractivity contribution in [3.63, 3.8) is 0 Å². The topological polar surface area (TPSA) is 84.5 Å². The molecule has 0 aliphatic rings. The van der Waals surface area contributed by atoms with Crippen LogP contribution in [0.25, 0.3) is 0 Å². The highest BCUT2D eigenvalue weighted by molar-refractivity contribution is 6.01. The fourth-order valence-corrected chi connectivity index (χ4v) is 1.54. The Kier molecular flexibility index (Phi) is 6.22. The quantitative estimate of drug-likeness (QED) is 0.769. The Labute approximate surface area is 117 Å². The molecule has 0 aromatic heterocycles. The molecule has 2 N–H and O–H groups in total. The van der Waals surface area contributed by atoms with Crippen LogP contribution >= 0.6 is 0 Å². The second-order valence-corrected chi connectivity index (χ2v) is 4.05. The molecule has 0 aliphatic carbocycles. The van der Waals surface area contributed by atoms with E-state index in [2.05, 4.69) is 10.6 Å². The first kappa shape index (κ1) is 15.7. The van der Waals surface area contributed by atoms with Crippen LogP contribution in [0.4, 0.5) is 5.69 Å². The summed E-state index contributed by atoms with van der Waals surface area (Å²) in [5.41, 5.74) is 0.709. The smallest absolute Gasteiger partial charge is 0.340 e. The molecule has 0 heterocycles. The number of ether oxygens (including phenoxy) is 1. The molecule has 0 aliphatic heterocycles. The van der Waals surface area contributed by atoms with Gasteiger partial charge in [-0.05, 0) is 19.1 Å². The van der Waals surface area contributed by atoms with Crippen molar-refractivity contribution in [3.8, 4) is 0 Å². The molecule has 0 atom stereocenters. The highest BCUT2D eigenvalue weighted by Crippen LogP contribution is 2.16. The average molecular weight is 278 g/mol. The van der Waals surface area contributed by atoms with E-state index in [1.165, 1.54) is 6.92 Å². The molecular formula is C14H18N2O4. The van der Waals surface area contributed by atoms with Crippen molar-refractivity contribution in [1.29, 1.82) is 0 Å². The first-order valence-electron chi connectivity index (χ1n) is 6.35. The summed E-state index contributed by atoms with van der Waals surface area (Å²) in [4.78, 5) is 34.1. The predicted molar refractivity (Wildman–Crippen MR) is 74.3 cm³/mol. The number of esters is 1. The Bertz CT molecular complexity index is 500. The number of benzene rings is 1. The van der Waals surface area contributed by atoms with Crippen molar-refractivity contribution < 1.29 is 19.1 Å². The molecule has 108 valence electrons. The highest BCUT2D eigenvalue weighted by atomic mass is 16.5. The lowest BCUT2D eigenvalue weighted by molar-refractivity contribution is -0.119. The molecule has 0 unspecified atom stereocenters. The molecule has 0 spiro atoms. The van der Waals surface area contributed by atoms with Crippen LogP contribution in [0.15, 0.2) is 24.3 Å². The van der Waals surface area contributed by atoms with Crippen LogP contribution in [0.1, 0.15) is 30.6 Å². The molecule has 6 heteroatoms. The zero-order valence-corrected chi connectivity index (χ0v) is 11.6. The van der Waals surface area contributed by atoms with Crippen molar-refractivity contribution in [1.82, 2.24) is 5.32 Å². The molecule has 0 saturated heterocycles. The minimum atomic E-state index is -0.481. The molecule has 1 aromatic rings. The van der Waals surface area contributed by atoms with Crippen molar-refractivity contribution in [2.45, 2.75) is 20.3 Å². The Hall–Kier alpha value is -2.37. The van der Waals surface area contributed by atoms with Gasteiger partial charge in [-0.2, -0.15) is 0 Å². The van der Waals surface area contributed by atoms with Crippen LogP contribution in [0.3, 0.4) is 0 Å². The number of para-hydroxylation sites is 1. The first-order valence-corrected chi connectivity index (χ1v) is 6.35. The summed E-state index contributed by atoms with van der Waals surface area (Å²) < 4.78 is 4.92. The third kappa shape index (κ3) is 5.09. The standard InChI is InChI=1S/C14H18N2O4/c1-3-20-14(19)11-6-4-5-7-12(11)16-13(18)8-9-15-10(2)17/h4-7H,3,8-9H2,1-2H3,(H,15,17)(H,16,18). The third-order valence-corrected chi connectivity index (χ3v) is 2.42. The summed E-state index contributed by atoms with van der Waals surface area (Å²) >= 11 is 0. The van der Waals surface area contributed by atoms with E-state index in [4.69, 9.17) is 4.74 Å². The van der Waals surface area contributed by atoms with Crippen molar-refractivity contribution in [2.24, 2.45) is 0 Å². The molecule has 0 saturated carbocycles. The van der Waals surface area contributed by atoms with Crippen molar-refractivity contribution >= 4 is 23.5 Å². The summed E-state index contributed by atoms with van der Waals surface area (Å²) in [7, 11) is 0. The average Bonchev–Trinajstić information content (AvgIpc) is 2.39. The fourth-order valence-electron chi connectivity index (χ4n) is 1.54. The van der Waals surface area contributed by atoms with Crippen molar-refractivity contribution in [2.75, 3.05) is 18.5 Å². The van der Waals surface area contributed by atoms with Gasteiger partial charge < -0.3 is 15.4 Å². The maximum atomic E-state index is 11.7. The van der Waals surface area contributed by atoms with Gasteiger partial charge in [0.2, 0.25) is 11.8 Å². The maximum Gasteiger partial charge on any atom is 0.340 e. The Morgan fingerprint density at radius 2 is 1.90 bits per heavy atom. The number of rotatable bonds is 6. The van der Waals surface area contributed by atoms with Gasteiger partial charge in [0.15, 0.2) is 0 Å². The maximum absolute atomic E-state index is 11.7. The van der Waals surface area contributed by atoms with Gasteiger partial charge in [-0.15, -0.1) is 0 Å². The van der Waals surface area contributed by atoms with Crippen LogP contribution in [-0.4, -0.2) is 30.9 Å². The summed E-state index contributed by atoms with van der Waals surface area (Å²) in [5, 5.41) is 5.16. The molecule has 1 rings (SSSR count). The van der Waals surface area contributed by atoms with Gasteiger partial charge in [-0.3, -0.25) is 9.59 Å². The molecule has 20 heavy (non-hydrogen) atoms. The van der Waals surface area contributed by atoms with Gasteiger partial charge in [-0.1, -0.05) is 12.1 Å². The van der Waals surface area contributed by atoms with E-state index < -0.39 is 5.97 Å². The highest BCUT2D eigenvalue weighted by Gasteiger charge is 2.13. The molecule has 2 amide bonds. The van der Waals surface area contributed by atoms with E-state index >= 15 is 0 Å². The number of carbonyl (C=O) groups is 3. The van der Waals surface area contributed by atoms with Crippen LogP contribution in [0, 0.1) is 0 Å². The minimum absolute atomic E-state index is 0.136. The van der Waals surface area contributed by atoms with Crippen LogP contribution < -0.4 is 10.6 Å². The van der Waals surface area contributed by atoms with Gasteiger partial charge in [0, 0.05) is 19.9 Å².